The van der Waals surface area contributed by atoms with Gasteiger partial charge in [0.05, 0.1) is 20.6 Å². The Morgan fingerprint density at radius 1 is 0.808 bits per heavy atom. The second-order valence-corrected chi connectivity index (χ2v) is 8.23. The van der Waals surface area contributed by atoms with Crippen LogP contribution in [0.4, 0.5) is 0 Å². The van der Waals surface area contributed by atoms with Crippen molar-refractivity contribution in [1.82, 2.24) is 5.32 Å². The van der Waals surface area contributed by atoms with Crippen molar-refractivity contribution >= 4 is 11.9 Å². The highest BCUT2D eigenvalue weighted by atomic mass is 16.4. The summed E-state index contributed by atoms with van der Waals surface area (Å²) in [6.07, 6.45) is 15.7. The Balaban J connectivity index is 3.38. The minimum atomic E-state index is -0.532. The van der Waals surface area contributed by atoms with E-state index in [0.29, 0.717) is 17.4 Å². The van der Waals surface area contributed by atoms with Gasteiger partial charge in [0.15, 0.2) is 0 Å². The van der Waals surface area contributed by atoms with Gasteiger partial charge in [0, 0.05) is 24.2 Å². The largest absolute Gasteiger partial charge is 0.571 e. The molecule has 0 aromatic rings. The van der Waals surface area contributed by atoms with E-state index in [1.165, 1.54) is 57.8 Å². The van der Waals surface area contributed by atoms with Gasteiger partial charge in [0.2, 0.25) is 12.5 Å². The molecule has 0 bridgehead atoms. The molecular weight excluding hydrogens is 328 g/mol. The molecule has 0 aromatic carbocycles. The van der Waals surface area contributed by atoms with E-state index in [2.05, 4.69) is 12.2 Å². The first kappa shape index (κ1) is 24.9. The molecule has 0 fully saturated rings. The standard InChI is InChI=1S/C21H42N2O3/c1-4-5-6-7-8-9-10-11-12-13-14-16-20(24)22-17-15-18-23(2,3)19-21(25)26/h4-19H2,1-3H3,(H-,22,24,25,26)/p+2. The first-order chi connectivity index (χ1) is 12.4. The molecule has 0 rings (SSSR count). The molecule has 0 saturated carbocycles. The molecule has 0 saturated heterocycles. The van der Waals surface area contributed by atoms with Crippen LogP contribution in [-0.2, 0) is 9.59 Å². The quantitative estimate of drug-likeness (QED) is 0.227. The Labute approximate surface area is 161 Å². The summed E-state index contributed by atoms with van der Waals surface area (Å²) in [6.45, 7) is 3.94. The van der Waals surface area contributed by atoms with E-state index in [1.54, 1.807) is 0 Å². The lowest BCUT2D eigenvalue weighted by Crippen LogP contribution is -2.45. The molecule has 0 radical (unpaired) electrons. The summed E-state index contributed by atoms with van der Waals surface area (Å²) < 4.78 is 0.511. The second-order valence-electron chi connectivity index (χ2n) is 8.23. The highest BCUT2D eigenvalue weighted by molar-refractivity contribution is 5.75. The van der Waals surface area contributed by atoms with Crippen LogP contribution in [0.1, 0.15) is 90.4 Å². The van der Waals surface area contributed by atoms with Crippen molar-refractivity contribution in [1.29, 1.82) is 0 Å². The lowest BCUT2D eigenvalue weighted by molar-refractivity contribution is -0.883. The van der Waals surface area contributed by atoms with Crippen molar-refractivity contribution < 1.29 is 19.2 Å². The van der Waals surface area contributed by atoms with Crippen LogP contribution in [0, 0.1) is 0 Å². The zero-order valence-electron chi connectivity index (χ0n) is 17.6. The van der Waals surface area contributed by atoms with E-state index in [1.807, 2.05) is 14.1 Å². The SMILES string of the molecule is CCCCCCCCCCCCCC(=O)NCCC[N+](C)(C)CC(=O)[OH2+]. The zero-order chi connectivity index (χ0) is 19.7. The molecule has 3 N–H and O–H groups in total. The smallest absolute Gasteiger partial charge is 0.560 e. The van der Waals surface area contributed by atoms with E-state index in [0.717, 1.165) is 25.8 Å². The van der Waals surface area contributed by atoms with Gasteiger partial charge in [-0.15, -0.1) is 0 Å². The normalized spacial score (nSPS) is 11.5. The zero-order valence-corrected chi connectivity index (χ0v) is 17.6. The number of rotatable bonds is 18. The molecule has 0 spiro atoms. The molecule has 5 heteroatoms. The number of nitrogens with one attached hydrogen (secondary N) is 1. The van der Waals surface area contributed by atoms with E-state index in [4.69, 9.17) is 5.11 Å². The fraction of sp³-hybridized carbons (Fsp3) is 0.905. The van der Waals surface area contributed by atoms with Gasteiger partial charge in [-0.2, -0.15) is 0 Å². The Kier molecular flexibility index (Phi) is 15.4. The summed E-state index contributed by atoms with van der Waals surface area (Å²) in [5.74, 6) is -0.390. The van der Waals surface area contributed by atoms with E-state index in [9.17, 15) is 9.59 Å². The van der Waals surface area contributed by atoms with Gasteiger partial charge in [-0.1, -0.05) is 71.1 Å². The van der Waals surface area contributed by atoms with Gasteiger partial charge in [0.25, 0.3) is 0 Å². The number of unbranched alkanes of at least 4 members (excludes halogenated alkanes) is 10. The number of amides is 1. The van der Waals surface area contributed by atoms with Crippen LogP contribution >= 0.6 is 0 Å². The van der Waals surface area contributed by atoms with Gasteiger partial charge < -0.3 is 14.9 Å². The Bertz CT molecular complexity index is 370. The van der Waals surface area contributed by atoms with E-state index in [-0.39, 0.29) is 12.5 Å². The number of nitrogens with zero attached hydrogens (tertiary/aromatic N) is 1. The number of carbonyl (C=O) groups is 2. The van der Waals surface area contributed by atoms with Crippen molar-refractivity contribution in [2.45, 2.75) is 90.4 Å². The molecule has 26 heavy (non-hydrogen) atoms. The highest BCUT2D eigenvalue weighted by Crippen LogP contribution is 2.11. The predicted octanol–water partition coefficient (Wildman–Crippen LogP) is 3.52. The Morgan fingerprint density at radius 2 is 1.31 bits per heavy atom. The van der Waals surface area contributed by atoms with E-state index < -0.39 is 5.97 Å². The molecule has 5 nitrogen and oxygen atoms in total. The van der Waals surface area contributed by atoms with Crippen LogP contribution in [0.3, 0.4) is 0 Å². The molecule has 0 unspecified atom stereocenters. The van der Waals surface area contributed by atoms with Gasteiger partial charge >= 0.3 is 5.97 Å². The first-order valence-electron chi connectivity index (χ1n) is 10.7. The predicted molar refractivity (Wildman–Crippen MR) is 109 cm³/mol. The molecule has 1 amide bonds. The van der Waals surface area contributed by atoms with Crippen LogP contribution in [0.5, 0.6) is 0 Å². The minimum absolute atomic E-state index is 0.141. The maximum absolute atomic E-state index is 11.8. The number of likely N-dealkylation sites (N-methyl/N-ethyl adjacent to an activating group) is 1. The molecule has 0 aliphatic rings. The van der Waals surface area contributed by atoms with Crippen molar-refractivity contribution in [3.8, 4) is 0 Å². The average Bonchev–Trinajstić information content (AvgIpc) is 2.55. The average molecular weight is 373 g/mol. The molecule has 0 aliphatic heterocycles. The summed E-state index contributed by atoms with van der Waals surface area (Å²) >= 11 is 0. The van der Waals surface area contributed by atoms with Crippen molar-refractivity contribution in [3.05, 3.63) is 0 Å². The molecule has 0 aliphatic carbocycles. The number of hydrogen-bond acceptors (Lipinski definition) is 2. The van der Waals surface area contributed by atoms with Gasteiger partial charge in [-0.25, -0.2) is 0 Å². The maximum atomic E-state index is 11.8. The summed E-state index contributed by atoms with van der Waals surface area (Å²) in [4.78, 5) is 22.7. The number of quaternary nitrogens is 1. The lowest BCUT2D eigenvalue weighted by atomic mass is 10.1. The molecule has 154 valence electrons. The topological polar surface area (TPSA) is 69.1 Å². The fourth-order valence-electron chi connectivity index (χ4n) is 3.24. The fourth-order valence-corrected chi connectivity index (χ4v) is 3.24. The number of carbonyl (C=O) groups excluding carboxylic acids is 2. The van der Waals surface area contributed by atoms with Crippen LogP contribution < -0.4 is 5.32 Å². The second kappa shape index (κ2) is 16.1. The molecule has 0 aromatic heterocycles. The third kappa shape index (κ3) is 17.7. The summed E-state index contributed by atoms with van der Waals surface area (Å²) in [7, 11) is 3.89. The third-order valence-corrected chi connectivity index (χ3v) is 4.84. The lowest BCUT2D eigenvalue weighted by Gasteiger charge is -2.26. The summed E-state index contributed by atoms with van der Waals surface area (Å²) in [6, 6.07) is 0. The van der Waals surface area contributed by atoms with Crippen LogP contribution in [0.15, 0.2) is 0 Å². The molecule has 0 heterocycles. The summed E-state index contributed by atoms with van der Waals surface area (Å²) in [5.41, 5.74) is 0. The van der Waals surface area contributed by atoms with E-state index >= 15 is 0 Å². The monoisotopic (exact) mass is 372 g/mol. The van der Waals surface area contributed by atoms with Crippen molar-refractivity contribution in [2.75, 3.05) is 33.7 Å². The highest BCUT2D eigenvalue weighted by Gasteiger charge is 2.23. The summed E-state index contributed by atoms with van der Waals surface area (Å²) in [5, 5.41) is 10.0. The first-order valence-corrected chi connectivity index (χ1v) is 10.7. The molecule has 0 atom stereocenters. The van der Waals surface area contributed by atoms with Gasteiger partial charge in [-0.3, -0.25) is 4.79 Å². The maximum Gasteiger partial charge on any atom is 0.571 e. The van der Waals surface area contributed by atoms with Crippen molar-refractivity contribution in [2.24, 2.45) is 0 Å². The van der Waals surface area contributed by atoms with Gasteiger partial charge in [-0.05, 0) is 6.42 Å². The Hall–Kier alpha value is -1.10. The number of hydrogen-bond donors (Lipinski definition) is 1. The third-order valence-electron chi connectivity index (χ3n) is 4.84. The molecular formula is C21H44N2O3+2. The Morgan fingerprint density at radius 3 is 1.81 bits per heavy atom. The minimum Gasteiger partial charge on any atom is -0.560 e. The van der Waals surface area contributed by atoms with Crippen molar-refractivity contribution in [3.63, 3.8) is 0 Å². The van der Waals surface area contributed by atoms with Gasteiger partial charge in [0.1, 0.15) is 0 Å². The van der Waals surface area contributed by atoms with Crippen LogP contribution in [-0.4, -0.2) is 55.2 Å². The van der Waals surface area contributed by atoms with Crippen LogP contribution in [0.2, 0.25) is 0 Å². The van der Waals surface area contributed by atoms with Crippen LogP contribution in [0.25, 0.3) is 0 Å².